The van der Waals surface area contributed by atoms with Crippen LogP contribution in [0.1, 0.15) is 23.6 Å². The van der Waals surface area contributed by atoms with Gasteiger partial charge in [0.25, 0.3) is 0 Å². The molecule has 0 aromatic heterocycles. The molecule has 0 spiro atoms. The van der Waals surface area contributed by atoms with E-state index < -0.39 is 10.0 Å². The van der Waals surface area contributed by atoms with E-state index >= 15 is 0 Å². The van der Waals surface area contributed by atoms with Crippen LogP contribution in [-0.4, -0.2) is 22.6 Å². The van der Waals surface area contributed by atoms with Crippen molar-refractivity contribution < 1.29 is 17.9 Å². The molecular weight excluding hydrogens is 314 g/mol. The molecule has 122 valence electrons. The molecule has 0 aliphatic heterocycles. The molecule has 0 amide bonds. The molecule has 1 N–H and O–H groups in total. The molecule has 3 rings (SSSR count). The van der Waals surface area contributed by atoms with E-state index in [1.54, 1.807) is 6.07 Å². The molecule has 0 heterocycles. The van der Waals surface area contributed by atoms with Gasteiger partial charge in [0, 0.05) is 12.1 Å². The van der Waals surface area contributed by atoms with Crippen LogP contribution in [0.4, 0.5) is 0 Å². The van der Waals surface area contributed by atoms with Crippen LogP contribution in [0, 0.1) is 0 Å². The average Bonchev–Trinajstić information content (AvgIpc) is 2.96. The van der Waals surface area contributed by atoms with Gasteiger partial charge in [-0.2, -0.15) is 0 Å². The Morgan fingerprint density at radius 1 is 1.04 bits per heavy atom. The van der Waals surface area contributed by atoms with E-state index in [4.69, 9.17) is 9.47 Å². The second-order valence-corrected chi connectivity index (χ2v) is 7.14. The van der Waals surface area contributed by atoms with E-state index in [0.29, 0.717) is 11.5 Å². The third-order valence-electron chi connectivity index (χ3n) is 4.10. The predicted octanol–water partition coefficient (Wildman–Crippen LogP) is 2.67. The van der Waals surface area contributed by atoms with E-state index in [2.05, 4.69) is 4.72 Å². The van der Waals surface area contributed by atoms with Crippen LogP contribution in [-0.2, 0) is 16.4 Å². The monoisotopic (exact) mass is 333 g/mol. The fraction of sp³-hybridized carbons (Fsp3) is 0.294. The Bertz CT molecular complexity index is 817. The van der Waals surface area contributed by atoms with E-state index in [1.807, 2.05) is 24.3 Å². The first-order chi connectivity index (χ1) is 11.0. The van der Waals surface area contributed by atoms with Gasteiger partial charge in [0.05, 0.1) is 19.1 Å². The summed E-state index contributed by atoms with van der Waals surface area (Å²) in [5.41, 5.74) is 2.25. The maximum absolute atomic E-state index is 12.7. The summed E-state index contributed by atoms with van der Waals surface area (Å²) >= 11 is 0. The molecule has 0 bridgehead atoms. The van der Waals surface area contributed by atoms with Gasteiger partial charge in [-0.05, 0) is 36.1 Å². The van der Waals surface area contributed by atoms with E-state index in [-0.39, 0.29) is 10.9 Å². The maximum Gasteiger partial charge on any atom is 0.241 e. The second kappa shape index (κ2) is 6.22. The lowest BCUT2D eigenvalue weighted by Crippen LogP contribution is -2.27. The van der Waals surface area contributed by atoms with Gasteiger partial charge in [0.2, 0.25) is 10.0 Å². The van der Waals surface area contributed by atoms with Gasteiger partial charge in [-0.15, -0.1) is 0 Å². The molecule has 23 heavy (non-hydrogen) atoms. The normalized spacial score (nSPS) is 16.9. The van der Waals surface area contributed by atoms with E-state index in [1.165, 1.54) is 31.9 Å². The molecule has 1 unspecified atom stereocenters. The Hall–Kier alpha value is -2.05. The molecule has 0 saturated carbocycles. The predicted molar refractivity (Wildman–Crippen MR) is 87.4 cm³/mol. The number of methoxy groups -OCH3 is 2. The molecule has 1 aliphatic rings. The molecule has 6 heteroatoms. The molecule has 5 nitrogen and oxygen atoms in total. The van der Waals surface area contributed by atoms with Crippen molar-refractivity contribution in [3.8, 4) is 11.5 Å². The highest BCUT2D eigenvalue weighted by molar-refractivity contribution is 7.89. The van der Waals surface area contributed by atoms with E-state index in [9.17, 15) is 8.42 Å². The van der Waals surface area contributed by atoms with Gasteiger partial charge in [-0.3, -0.25) is 0 Å². The van der Waals surface area contributed by atoms with Gasteiger partial charge in [-0.25, -0.2) is 13.1 Å². The summed E-state index contributed by atoms with van der Waals surface area (Å²) < 4.78 is 38.4. The molecule has 0 saturated heterocycles. The first-order valence-corrected chi connectivity index (χ1v) is 8.85. The Balaban J connectivity index is 1.88. The summed E-state index contributed by atoms with van der Waals surface area (Å²) in [5.74, 6) is 0.889. The van der Waals surface area contributed by atoms with E-state index in [0.717, 1.165) is 18.4 Å². The Morgan fingerprint density at radius 3 is 2.52 bits per heavy atom. The average molecular weight is 333 g/mol. The van der Waals surface area contributed by atoms with Crippen LogP contribution >= 0.6 is 0 Å². The summed E-state index contributed by atoms with van der Waals surface area (Å²) in [5, 5.41) is 0. The summed E-state index contributed by atoms with van der Waals surface area (Å²) in [6.07, 6.45) is 1.65. The summed E-state index contributed by atoms with van der Waals surface area (Å²) in [4.78, 5) is 0.166. The maximum atomic E-state index is 12.7. The highest BCUT2D eigenvalue weighted by atomic mass is 32.2. The van der Waals surface area contributed by atoms with Gasteiger partial charge >= 0.3 is 0 Å². The van der Waals surface area contributed by atoms with Crippen LogP contribution < -0.4 is 14.2 Å². The first-order valence-electron chi connectivity index (χ1n) is 7.37. The number of benzene rings is 2. The minimum Gasteiger partial charge on any atom is -0.493 e. The van der Waals surface area contributed by atoms with Crippen molar-refractivity contribution in [2.75, 3.05) is 14.2 Å². The Morgan fingerprint density at radius 2 is 1.78 bits per heavy atom. The number of hydrogen-bond donors (Lipinski definition) is 1. The van der Waals surface area contributed by atoms with Crippen LogP contribution in [0.25, 0.3) is 0 Å². The summed E-state index contributed by atoms with van der Waals surface area (Å²) in [6, 6.07) is 12.3. The van der Waals surface area contributed by atoms with Gasteiger partial charge in [0.1, 0.15) is 0 Å². The summed E-state index contributed by atoms with van der Waals surface area (Å²) in [6.45, 7) is 0. The Labute approximate surface area is 136 Å². The van der Waals surface area contributed by atoms with Crippen molar-refractivity contribution in [3.05, 3.63) is 53.6 Å². The summed E-state index contributed by atoms with van der Waals surface area (Å²) in [7, 11) is -0.635. The number of aryl methyl sites for hydroxylation is 1. The lowest BCUT2D eigenvalue weighted by molar-refractivity contribution is 0.354. The van der Waals surface area contributed by atoms with Crippen LogP contribution in [0.15, 0.2) is 47.4 Å². The lowest BCUT2D eigenvalue weighted by atomic mass is 10.1. The van der Waals surface area contributed by atoms with Crippen molar-refractivity contribution in [2.24, 2.45) is 0 Å². The highest BCUT2D eigenvalue weighted by Crippen LogP contribution is 2.33. The number of nitrogens with one attached hydrogen (secondary N) is 1. The number of sulfonamides is 1. The third-order valence-corrected chi connectivity index (χ3v) is 5.56. The quantitative estimate of drug-likeness (QED) is 0.914. The van der Waals surface area contributed by atoms with Gasteiger partial charge in [-0.1, -0.05) is 24.3 Å². The second-order valence-electron chi connectivity index (χ2n) is 5.43. The number of ether oxygens (including phenoxy) is 2. The van der Waals surface area contributed by atoms with Crippen molar-refractivity contribution in [2.45, 2.75) is 23.8 Å². The molecule has 1 atom stereocenters. The number of rotatable bonds is 5. The lowest BCUT2D eigenvalue weighted by Gasteiger charge is -2.15. The zero-order valence-electron chi connectivity index (χ0n) is 13.1. The van der Waals surface area contributed by atoms with Crippen molar-refractivity contribution in [1.29, 1.82) is 0 Å². The van der Waals surface area contributed by atoms with Crippen molar-refractivity contribution in [3.63, 3.8) is 0 Å². The largest absolute Gasteiger partial charge is 0.493 e. The van der Waals surface area contributed by atoms with Crippen LogP contribution in [0.3, 0.4) is 0 Å². The zero-order chi connectivity index (χ0) is 16.4. The fourth-order valence-corrected chi connectivity index (χ4v) is 4.18. The number of hydrogen-bond acceptors (Lipinski definition) is 4. The first kappa shape index (κ1) is 15.8. The molecule has 2 aromatic carbocycles. The van der Waals surface area contributed by atoms with Crippen LogP contribution in [0.5, 0.6) is 11.5 Å². The topological polar surface area (TPSA) is 64.6 Å². The minimum atomic E-state index is -3.63. The zero-order valence-corrected chi connectivity index (χ0v) is 13.9. The third kappa shape index (κ3) is 3.04. The smallest absolute Gasteiger partial charge is 0.241 e. The van der Waals surface area contributed by atoms with Crippen molar-refractivity contribution >= 4 is 10.0 Å². The molecule has 1 aliphatic carbocycles. The van der Waals surface area contributed by atoms with Gasteiger partial charge < -0.3 is 9.47 Å². The Kier molecular flexibility index (Phi) is 4.28. The fourth-order valence-electron chi connectivity index (χ4n) is 2.92. The van der Waals surface area contributed by atoms with Crippen LogP contribution in [0.2, 0.25) is 0 Å². The molecule has 0 radical (unpaired) electrons. The molecular formula is C17H19NO4S. The SMILES string of the molecule is COc1ccc(S(=O)(=O)NC2CCc3ccccc32)cc1OC. The standard InChI is InChI=1S/C17H19NO4S/c1-21-16-10-8-13(11-17(16)22-2)23(19,20)18-15-9-7-12-5-3-4-6-14(12)15/h3-6,8,10-11,15,18H,7,9H2,1-2H3. The van der Waals surface area contributed by atoms with Gasteiger partial charge in [0.15, 0.2) is 11.5 Å². The number of fused-ring (bicyclic) bond motifs is 1. The van der Waals surface area contributed by atoms with Crippen molar-refractivity contribution in [1.82, 2.24) is 4.72 Å². The molecule has 2 aromatic rings. The molecule has 0 fully saturated rings. The minimum absolute atomic E-state index is 0.166. The highest BCUT2D eigenvalue weighted by Gasteiger charge is 2.27.